The number of carbonyl (C=O) groups is 1. The molecule has 0 heterocycles. The third-order valence-corrected chi connectivity index (χ3v) is 3.27. The van der Waals surface area contributed by atoms with E-state index in [0.717, 1.165) is 18.5 Å². The minimum atomic E-state index is -0.217. The summed E-state index contributed by atoms with van der Waals surface area (Å²) in [6.45, 7) is 5.19. The monoisotopic (exact) mass is 266 g/mol. The van der Waals surface area contributed by atoms with Crippen LogP contribution in [0.15, 0.2) is 24.3 Å². The average molecular weight is 266 g/mol. The van der Waals surface area contributed by atoms with Gasteiger partial charge in [-0.3, -0.25) is 9.69 Å². The predicted molar refractivity (Wildman–Crippen MR) is 75.5 cm³/mol. The van der Waals surface area contributed by atoms with E-state index in [1.165, 1.54) is 12.1 Å². The van der Waals surface area contributed by atoms with Crippen LogP contribution in [-0.4, -0.2) is 48.9 Å². The zero-order chi connectivity index (χ0) is 14.4. The molecule has 0 aromatic heterocycles. The number of rotatable bonds is 6. The molecule has 19 heavy (non-hydrogen) atoms. The van der Waals surface area contributed by atoms with Gasteiger partial charge in [0.25, 0.3) is 0 Å². The van der Waals surface area contributed by atoms with E-state index in [0.29, 0.717) is 6.54 Å². The largest absolute Gasteiger partial charge is 0.342 e. The zero-order valence-electron chi connectivity index (χ0n) is 12.2. The smallest absolute Gasteiger partial charge is 0.236 e. The second-order valence-corrected chi connectivity index (χ2v) is 5.21. The molecule has 106 valence electrons. The summed E-state index contributed by atoms with van der Waals surface area (Å²) in [4.78, 5) is 15.6. The lowest BCUT2D eigenvalue weighted by atomic mass is 10.1. The van der Waals surface area contributed by atoms with Crippen LogP contribution in [0, 0.1) is 5.82 Å². The van der Waals surface area contributed by atoms with E-state index in [1.807, 2.05) is 32.8 Å². The lowest BCUT2D eigenvalue weighted by Gasteiger charge is -2.24. The zero-order valence-corrected chi connectivity index (χ0v) is 12.2. The highest BCUT2D eigenvalue weighted by molar-refractivity contribution is 5.78. The quantitative estimate of drug-likeness (QED) is 0.788. The van der Waals surface area contributed by atoms with Gasteiger partial charge in [0.1, 0.15) is 5.82 Å². The Balaban J connectivity index is 2.37. The van der Waals surface area contributed by atoms with Gasteiger partial charge in [0.15, 0.2) is 0 Å². The molecule has 1 aromatic carbocycles. The summed E-state index contributed by atoms with van der Waals surface area (Å²) in [6, 6.07) is 6.72. The Kier molecular flexibility index (Phi) is 5.96. The van der Waals surface area contributed by atoms with E-state index in [-0.39, 0.29) is 17.8 Å². The third-order valence-electron chi connectivity index (χ3n) is 3.27. The molecular weight excluding hydrogens is 243 g/mol. The Labute approximate surface area is 115 Å². The van der Waals surface area contributed by atoms with E-state index in [1.54, 1.807) is 17.0 Å². The standard InChI is InChI=1S/C15H23FN2O/c1-12(2)18(4)15(19)11-17(3)10-9-13-5-7-14(16)8-6-13/h5-8,12H,9-11H2,1-4H3. The van der Waals surface area contributed by atoms with Crippen molar-refractivity contribution in [2.45, 2.75) is 26.3 Å². The Morgan fingerprint density at radius 2 is 1.79 bits per heavy atom. The molecule has 0 aliphatic rings. The van der Waals surface area contributed by atoms with Gasteiger partial charge in [-0.15, -0.1) is 0 Å². The number of nitrogens with zero attached hydrogens (tertiary/aromatic N) is 2. The van der Waals surface area contributed by atoms with E-state index >= 15 is 0 Å². The van der Waals surface area contributed by atoms with Crippen molar-refractivity contribution < 1.29 is 9.18 Å². The maximum Gasteiger partial charge on any atom is 0.236 e. The highest BCUT2D eigenvalue weighted by Crippen LogP contribution is 2.04. The Morgan fingerprint density at radius 3 is 2.32 bits per heavy atom. The maximum atomic E-state index is 12.8. The first-order valence-electron chi connectivity index (χ1n) is 6.58. The van der Waals surface area contributed by atoms with Crippen LogP contribution in [0.25, 0.3) is 0 Å². The fourth-order valence-electron chi connectivity index (χ4n) is 1.68. The van der Waals surface area contributed by atoms with Crippen LogP contribution >= 0.6 is 0 Å². The van der Waals surface area contributed by atoms with Gasteiger partial charge in [-0.1, -0.05) is 12.1 Å². The Hall–Kier alpha value is -1.42. The Bertz CT molecular complexity index is 403. The summed E-state index contributed by atoms with van der Waals surface area (Å²) in [5.74, 6) is -0.0950. The molecular formula is C15H23FN2O. The highest BCUT2D eigenvalue weighted by Gasteiger charge is 2.13. The van der Waals surface area contributed by atoms with Crippen molar-refractivity contribution in [2.75, 3.05) is 27.2 Å². The lowest BCUT2D eigenvalue weighted by Crippen LogP contribution is -2.40. The fourth-order valence-corrected chi connectivity index (χ4v) is 1.68. The second kappa shape index (κ2) is 7.24. The number of halogens is 1. The number of likely N-dealkylation sites (N-methyl/N-ethyl adjacent to an activating group) is 2. The summed E-state index contributed by atoms with van der Waals surface area (Å²) in [5.41, 5.74) is 1.08. The van der Waals surface area contributed by atoms with Gasteiger partial charge in [0.05, 0.1) is 6.54 Å². The molecule has 0 radical (unpaired) electrons. The number of hydrogen-bond donors (Lipinski definition) is 0. The van der Waals surface area contributed by atoms with Gasteiger partial charge in [-0.05, 0) is 45.0 Å². The van der Waals surface area contributed by atoms with Crippen LogP contribution in [0.2, 0.25) is 0 Å². The number of hydrogen-bond acceptors (Lipinski definition) is 2. The first kappa shape index (κ1) is 15.6. The van der Waals surface area contributed by atoms with Crippen molar-refractivity contribution in [3.8, 4) is 0 Å². The van der Waals surface area contributed by atoms with Crippen molar-refractivity contribution in [3.63, 3.8) is 0 Å². The van der Waals surface area contributed by atoms with Crippen LogP contribution < -0.4 is 0 Å². The lowest BCUT2D eigenvalue weighted by molar-refractivity contribution is -0.132. The van der Waals surface area contributed by atoms with Gasteiger partial charge in [0.2, 0.25) is 5.91 Å². The molecule has 0 saturated carbocycles. The van der Waals surface area contributed by atoms with Gasteiger partial charge in [0, 0.05) is 19.6 Å². The molecule has 1 aromatic rings. The topological polar surface area (TPSA) is 23.6 Å². The third kappa shape index (κ3) is 5.39. The molecule has 0 fully saturated rings. The molecule has 3 nitrogen and oxygen atoms in total. The first-order valence-corrected chi connectivity index (χ1v) is 6.58. The van der Waals surface area contributed by atoms with Crippen molar-refractivity contribution >= 4 is 5.91 Å². The summed E-state index contributed by atoms with van der Waals surface area (Å²) >= 11 is 0. The van der Waals surface area contributed by atoms with E-state index in [9.17, 15) is 9.18 Å². The highest BCUT2D eigenvalue weighted by atomic mass is 19.1. The van der Waals surface area contributed by atoms with Crippen molar-refractivity contribution in [1.29, 1.82) is 0 Å². The fraction of sp³-hybridized carbons (Fsp3) is 0.533. The van der Waals surface area contributed by atoms with Crippen LogP contribution in [0.1, 0.15) is 19.4 Å². The van der Waals surface area contributed by atoms with Crippen molar-refractivity contribution in [3.05, 3.63) is 35.6 Å². The van der Waals surface area contributed by atoms with Crippen LogP contribution in [0.3, 0.4) is 0 Å². The second-order valence-electron chi connectivity index (χ2n) is 5.21. The summed E-state index contributed by atoms with van der Waals surface area (Å²) in [7, 11) is 3.75. The molecule has 0 bridgehead atoms. The maximum absolute atomic E-state index is 12.8. The van der Waals surface area contributed by atoms with Crippen LogP contribution in [-0.2, 0) is 11.2 Å². The van der Waals surface area contributed by atoms with Gasteiger partial charge in [-0.2, -0.15) is 0 Å². The average Bonchev–Trinajstić information content (AvgIpc) is 2.37. The molecule has 1 rings (SSSR count). The van der Waals surface area contributed by atoms with Gasteiger partial charge in [-0.25, -0.2) is 4.39 Å². The SMILES string of the molecule is CC(C)N(C)C(=O)CN(C)CCc1ccc(F)cc1. The van der Waals surface area contributed by atoms with Gasteiger partial charge < -0.3 is 4.90 Å². The first-order chi connectivity index (χ1) is 8.90. The van der Waals surface area contributed by atoms with Crippen molar-refractivity contribution in [2.24, 2.45) is 0 Å². The minimum absolute atomic E-state index is 0.122. The van der Waals surface area contributed by atoms with E-state index in [2.05, 4.69) is 0 Å². The molecule has 0 atom stereocenters. The van der Waals surface area contributed by atoms with E-state index < -0.39 is 0 Å². The molecule has 0 N–H and O–H groups in total. The molecule has 0 spiro atoms. The van der Waals surface area contributed by atoms with Crippen LogP contribution in [0.4, 0.5) is 4.39 Å². The van der Waals surface area contributed by atoms with Crippen LogP contribution in [0.5, 0.6) is 0 Å². The molecule has 1 amide bonds. The number of carbonyl (C=O) groups excluding carboxylic acids is 1. The number of amides is 1. The normalized spacial score (nSPS) is 11.1. The van der Waals surface area contributed by atoms with E-state index in [4.69, 9.17) is 0 Å². The summed E-state index contributed by atoms with van der Waals surface area (Å²) in [5, 5.41) is 0. The molecule has 4 heteroatoms. The predicted octanol–water partition coefficient (Wildman–Crippen LogP) is 2.17. The molecule has 0 saturated heterocycles. The molecule has 0 aliphatic carbocycles. The summed E-state index contributed by atoms with van der Waals surface area (Å²) in [6.07, 6.45) is 0.815. The molecule has 0 aliphatic heterocycles. The Morgan fingerprint density at radius 1 is 1.21 bits per heavy atom. The minimum Gasteiger partial charge on any atom is -0.342 e. The summed E-state index contributed by atoms with van der Waals surface area (Å²) < 4.78 is 12.8. The molecule has 0 unspecified atom stereocenters. The number of benzene rings is 1. The van der Waals surface area contributed by atoms with Crippen molar-refractivity contribution in [1.82, 2.24) is 9.80 Å². The van der Waals surface area contributed by atoms with Gasteiger partial charge >= 0.3 is 0 Å².